The van der Waals surface area contributed by atoms with Crippen LogP contribution in [0.3, 0.4) is 0 Å². The molecule has 7 heteroatoms. The van der Waals surface area contributed by atoms with Gasteiger partial charge in [-0.3, -0.25) is 4.79 Å². The molecule has 37 heavy (non-hydrogen) atoms. The summed E-state index contributed by atoms with van der Waals surface area (Å²) in [6.45, 7) is 3.87. The highest BCUT2D eigenvalue weighted by Gasteiger charge is 2.49. The Hall–Kier alpha value is -0.600. The van der Waals surface area contributed by atoms with Crippen LogP contribution in [0.1, 0.15) is 110 Å². The van der Waals surface area contributed by atoms with Crippen molar-refractivity contribution >= 4 is 17.7 Å². The van der Waals surface area contributed by atoms with E-state index in [1.165, 1.54) is 38.5 Å². The molecule has 3 aliphatic heterocycles. The predicted molar refractivity (Wildman–Crippen MR) is 148 cm³/mol. The zero-order valence-corrected chi connectivity index (χ0v) is 23.7. The monoisotopic (exact) mass is 538 g/mol. The van der Waals surface area contributed by atoms with E-state index in [9.17, 15) is 4.79 Å². The Morgan fingerprint density at radius 1 is 1.03 bits per heavy atom. The van der Waals surface area contributed by atoms with Crippen molar-refractivity contribution in [1.29, 1.82) is 0 Å². The Morgan fingerprint density at radius 2 is 1.81 bits per heavy atom. The van der Waals surface area contributed by atoms with Crippen LogP contribution >= 0.6 is 11.8 Å². The van der Waals surface area contributed by atoms with Crippen LogP contribution in [-0.4, -0.2) is 59.6 Å². The Labute approximate surface area is 228 Å². The van der Waals surface area contributed by atoms with Gasteiger partial charge in [-0.05, 0) is 76.5 Å². The summed E-state index contributed by atoms with van der Waals surface area (Å²) in [6.07, 6.45) is 21.8. The molecular weight excluding hydrogens is 488 g/mol. The molecule has 0 aromatic carbocycles. The zero-order chi connectivity index (χ0) is 25.9. The Morgan fingerprint density at radius 3 is 2.51 bits per heavy atom. The average molecular weight is 539 g/mol. The van der Waals surface area contributed by atoms with Crippen molar-refractivity contribution in [2.75, 3.05) is 13.2 Å². The number of hydrogen-bond acceptors (Lipinski definition) is 6. The first kappa shape index (κ1) is 29.4. The molecule has 3 saturated heterocycles. The second-order valence-corrected chi connectivity index (χ2v) is 13.0. The largest absolute Gasteiger partial charge is 0.481 e. The van der Waals surface area contributed by atoms with Crippen molar-refractivity contribution < 1.29 is 28.8 Å². The Bertz CT molecular complexity index is 690. The predicted octanol–water partition coefficient (Wildman–Crippen LogP) is 7.10. The van der Waals surface area contributed by atoms with Gasteiger partial charge in [0.25, 0.3) is 0 Å². The summed E-state index contributed by atoms with van der Waals surface area (Å²) < 4.78 is 25.0. The van der Waals surface area contributed by atoms with Crippen molar-refractivity contribution in [2.45, 2.75) is 145 Å². The number of ether oxygens (including phenoxy) is 4. The molecule has 8 atom stereocenters. The molecule has 4 rings (SSSR count). The lowest BCUT2D eigenvalue weighted by Gasteiger charge is -2.30. The average Bonchev–Trinajstić information content (AvgIpc) is 3.43. The van der Waals surface area contributed by atoms with Crippen LogP contribution in [0.5, 0.6) is 0 Å². The van der Waals surface area contributed by atoms with Crippen molar-refractivity contribution in [3.63, 3.8) is 0 Å². The third-order valence-corrected chi connectivity index (χ3v) is 10.2. The number of fused-ring (bicyclic) bond motifs is 1. The zero-order valence-electron chi connectivity index (χ0n) is 22.9. The molecule has 6 nitrogen and oxygen atoms in total. The number of thioether (sulfide) groups is 1. The summed E-state index contributed by atoms with van der Waals surface area (Å²) in [5, 5.41) is 10.2. The van der Waals surface area contributed by atoms with Gasteiger partial charge < -0.3 is 24.1 Å². The molecule has 4 aliphatic rings. The molecule has 1 N–H and O–H groups in total. The number of aliphatic carboxylic acids is 1. The summed E-state index contributed by atoms with van der Waals surface area (Å²) in [5.74, 6) is 0.318. The van der Waals surface area contributed by atoms with E-state index in [2.05, 4.69) is 30.8 Å². The minimum atomic E-state index is -0.680. The normalized spacial score (nSPS) is 35.1. The SMILES string of the molecule is CCCCC[C@@H](/C=C/[C@@H]1[C@H]2CC(CCCCC(=O)O)S[C@H]2C[C@H]1OC1CCCCO1)OC1CCCCO1. The van der Waals surface area contributed by atoms with Gasteiger partial charge >= 0.3 is 5.97 Å². The number of carbonyl (C=O) groups is 1. The second-order valence-electron chi connectivity index (χ2n) is 11.5. The molecule has 0 radical (unpaired) electrons. The van der Waals surface area contributed by atoms with Gasteiger partial charge in [0.15, 0.2) is 12.6 Å². The van der Waals surface area contributed by atoms with Crippen LogP contribution in [0.2, 0.25) is 0 Å². The van der Waals surface area contributed by atoms with Gasteiger partial charge in [-0.1, -0.05) is 44.8 Å². The van der Waals surface area contributed by atoms with Crippen LogP contribution < -0.4 is 0 Å². The first-order valence-electron chi connectivity index (χ1n) is 15.2. The van der Waals surface area contributed by atoms with E-state index in [0.29, 0.717) is 22.3 Å². The second kappa shape index (κ2) is 15.9. The smallest absolute Gasteiger partial charge is 0.303 e. The number of hydrogen-bond donors (Lipinski definition) is 1. The first-order valence-corrected chi connectivity index (χ1v) is 16.2. The highest BCUT2D eigenvalue weighted by atomic mass is 32.2. The first-order chi connectivity index (χ1) is 18.1. The number of carboxylic acids is 1. The highest BCUT2D eigenvalue weighted by molar-refractivity contribution is 8.00. The summed E-state index contributed by atoms with van der Waals surface area (Å²) in [7, 11) is 0. The molecule has 4 fully saturated rings. The fourth-order valence-corrected chi connectivity index (χ4v) is 8.41. The topological polar surface area (TPSA) is 74.2 Å². The molecule has 1 saturated carbocycles. The van der Waals surface area contributed by atoms with E-state index in [0.717, 1.165) is 71.0 Å². The summed E-state index contributed by atoms with van der Waals surface area (Å²) in [6, 6.07) is 0. The highest BCUT2D eigenvalue weighted by Crippen LogP contribution is 2.53. The van der Waals surface area contributed by atoms with Crippen molar-refractivity contribution in [1.82, 2.24) is 0 Å². The quantitative estimate of drug-likeness (QED) is 0.176. The minimum absolute atomic E-state index is 0.0578. The van der Waals surface area contributed by atoms with Gasteiger partial charge in [0, 0.05) is 36.1 Å². The van der Waals surface area contributed by atoms with E-state index in [-0.39, 0.29) is 31.2 Å². The van der Waals surface area contributed by atoms with Crippen molar-refractivity contribution in [3.05, 3.63) is 12.2 Å². The number of unbranched alkanes of at least 4 members (excludes halogenated alkanes) is 3. The maximum atomic E-state index is 10.9. The van der Waals surface area contributed by atoms with Gasteiger partial charge in [-0.25, -0.2) is 0 Å². The molecule has 0 bridgehead atoms. The molecule has 0 aromatic heterocycles. The lowest BCUT2D eigenvalue weighted by molar-refractivity contribution is -0.192. The Kier molecular flexibility index (Phi) is 12.6. The molecule has 0 amide bonds. The Balaban J connectivity index is 1.39. The van der Waals surface area contributed by atoms with E-state index in [1.54, 1.807) is 0 Å². The molecule has 212 valence electrons. The maximum absolute atomic E-state index is 10.9. The van der Waals surface area contributed by atoms with E-state index < -0.39 is 5.97 Å². The van der Waals surface area contributed by atoms with Crippen molar-refractivity contribution in [3.8, 4) is 0 Å². The van der Waals surface area contributed by atoms with Crippen LogP contribution in [0.4, 0.5) is 0 Å². The molecule has 0 spiro atoms. The van der Waals surface area contributed by atoms with Crippen molar-refractivity contribution in [2.24, 2.45) is 11.8 Å². The lowest BCUT2D eigenvalue weighted by Crippen LogP contribution is -2.31. The van der Waals surface area contributed by atoms with E-state index >= 15 is 0 Å². The van der Waals surface area contributed by atoms with Gasteiger partial charge in [-0.15, -0.1) is 0 Å². The fourth-order valence-electron chi connectivity index (χ4n) is 6.49. The maximum Gasteiger partial charge on any atom is 0.303 e. The number of carboxylic acid groups (broad SMARTS) is 1. The van der Waals surface area contributed by atoms with Crippen LogP contribution in [-0.2, 0) is 23.7 Å². The summed E-state index contributed by atoms with van der Waals surface area (Å²) in [4.78, 5) is 10.9. The molecule has 1 aliphatic carbocycles. The standard InChI is InChI=1S/C30H50O6S/c1-2-3-4-11-22(35-29-14-7-9-18-33-29)16-17-24-25-20-23(12-5-6-13-28(31)32)37-27(25)21-26(24)36-30-15-8-10-19-34-30/h16-17,22-27,29-30H,2-15,18-21H2,1H3,(H,31,32)/b17-16+/t22-,23?,24+,25+,26+,27-,29?,30?/m0/s1. The fraction of sp³-hybridized carbons (Fsp3) is 0.900. The third kappa shape index (κ3) is 9.52. The minimum Gasteiger partial charge on any atom is -0.481 e. The van der Waals surface area contributed by atoms with Gasteiger partial charge in [0.2, 0.25) is 0 Å². The molecule has 3 unspecified atom stereocenters. The van der Waals surface area contributed by atoms with Crippen LogP contribution in [0.15, 0.2) is 12.2 Å². The van der Waals surface area contributed by atoms with Crippen LogP contribution in [0, 0.1) is 11.8 Å². The van der Waals surface area contributed by atoms with E-state index in [1.807, 2.05) is 0 Å². The van der Waals surface area contributed by atoms with Gasteiger partial charge in [0.05, 0.1) is 12.2 Å². The van der Waals surface area contributed by atoms with Gasteiger partial charge in [0.1, 0.15) is 0 Å². The molecular formula is C30H50O6S. The third-order valence-electron chi connectivity index (χ3n) is 8.50. The van der Waals surface area contributed by atoms with E-state index in [4.69, 9.17) is 24.1 Å². The summed E-state index contributed by atoms with van der Waals surface area (Å²) >= 11 is 2.14. The summed E-state index contributed by atoms with van der Waals surface area (Å²) in [5.41, 5.74) is 0. The molecule has 3 heterocycles. The van der Waals surface area contributed by atoms with Gasteiger partial charge in [-0.2, -0.15) is 11.8 Å². The lowest BCUT2D eigenvalue weighted by atomic mass is 9.88. The van der Waals surface area contributed by atoms with Crippen LogP contribution in [0.25, 0.3) is 0 Å². The number of rotatable bonds is 15. The molecule has 0 aromatic rings.